The molecule has 0 unspecified atom stereocenters. The number of hydrogen-bond acceptors (Lipinski definition) is 2. The molecule has 0 aliphatic rings. The summed E-state index contributed by atoms with van der Waals surface area (Å²) in [5, 5.41) is 0. The maximum absolute atomic E-state index is 12.8. The fourth-order valence-corrected chi connectivity index (χ4v) is 2.79. The Morgan fingerprint density at radius 2 is 1.26 bits per heavy atom. The molecule has 0 aromatic heterocycles. The van der Waals surface area contributed by atoms with Gasteiger partial charge < -0.3 is 0 Å². The molecule has 2 rings (SSSR count). The fourth-order valence-electron chi connectivity index (χ4n) is 2.15. The van der Waals surface area contributed by atoms with E-state index in [4.69, 9.17) is 0 Å². The van der Waals surface area contributed by atoms with Crippen molar-refractivity contribution in [2.24, 2.45) is 0 Å². The highest BCUT2D eigenvalue weighted by Gasteiger charge is 2.32. The van der Waals surface area contributed by atoms with Gasteiger partial charge in [0.05, 0.1) is 4.91 Å². The molecule has 1 nitrogen and oxygen atoms in total. The third-order valence-electron chi connectivity index (χ3n) is 3.26. The molecule has 0 aliphatic carbocycles. The number of carbonyl (C=O) groups is 1. The van der Waals surface area contributed by atoms with Crippen molar-refractivity contribution in [2.45, 2.75) is 19.4 Å². The van der Waals surface area contributed by atoms with Crippen LogP contribution in [0.25, 0.3) is 5.57 Å². The van der Waals surface area contributed by atoms with E-state index < -0.39 is 5.51 Å². The minimum atomic E-state index is -4.52. The molecule has 0 N–H and O–H groups in total. The lowest BCUT2D eigenvalue weighted by Crippen LogP contribution is -2.04. The number of benzene rings is 2. The molecule has 2 aromatic rings. The van der Waals surface area contributed by atoms with Crippen molar-refractivity contribution in [3.8, 4) is 0 Å². The van der Waals surface area contributed by atoms with Crippen molar-refractivity contribution in [3.05, 3.63) is 75.7 Å². The summed E-state index contributed by atoms with van der Waals surface area (Å²) in [7, 11) is 0. The van der Waals surface area contributed by atoms with Gasteiger partial charge >= 0.3 is 5.51 Å². The first kappa shape index (κ1) is 17.3. The number of allylic oxidation sites excluding steroid dienone is 1. The molecule has 0 saturated carbocycles. The number of alkyl halides is 3. The van der Waals surface area contributed by atoms with E-state index in [1.165, 1.54) is 0 Å². The molecule has 0 atom stereocenters. The van der Waals surface area contributed by atoms with Gasteiger partial charge in [-0.05, 0) is 36.7 Å². The molecule has 120 valence electrons. The van der Waals surface area contributed by atoms with Gasteiger partial charge in [-0.3, -0.25) is 4.79 Å². The summed E-state index contributed by atoms with van der Waals surface area (Å²) in [6, 6.07) is 14.1. The van der Waals surface area contributed by atoms with Gasteiger partial charge in [0, 0.05) is 5.57 Å². The molecule has 2 aromatic carbocycles. The average molecular weight is 336 g/mol. The topological polar surface area (TPSA) is 17.1 Å². The standard InChI is InChI=1S/C18H15F3OS/c1-12-3-7-14(8-4-12)17(15-9-5-13(2)6-10-15)16(11-22)23-18(19,20)21/h3-11H,1-2H3. The Balaban J connectivity index is 2.65. The molecular formula is C18H15F3OS. The molecule has 0 heterocycles. The number of aldehydes is 1. The molecule has 0 saturated heterocycles. The lowest BCUT2D eigenvalue weighted by atomic mass is 9.96. The van der Waals surface area contributed by atoms with Crippen LogP contribution in [-0.2, 0) is 4.79 Å². The summed E-state index contributed by atoms with van der Waals surface area (Å²) in [5.41, 5.74) is -1.07. The number of hydrogen-bond donors (Lipinski definition) is 0. The molecular weight excluding hydrogens is 321 g/mol. The van der Waals surface area contributed by atoms with Crippen molar-refractivity contribution < 1.29 is 18.0 Å². The van der Waals surface area contributed by atoms with E-state index in [9.17, 15) is 18.0 Å². The monoisotopic (exact) mass is 336 g/mol. The Morgan fingerprint density at radius 1 is 0.870 bits per heavy atom. The van der Waals surface area contributed by atoms with E-state index >= 15 is 0 Å². The zero-order chi connectivity index (χ0) is 17.0. The number of thioether (sulfide) groups is 1. The van der Waals surface area contributed by atoms with E-state index in [2.05, 4.69) is 0 Å². The van der Waals surface area contributed by atoms with Gasteiger partial charge in [0.15, 0.2) is 6.29 Å². The number of aryl methyl sites for hydroxylation is 2. The van der Waals surface area contributed by atoms with Crippen LogP contribution >= 0.6 is 11.8 Å². The molecule has 23 heavy (non-hydrogen) atoms. The summed E-state index contributed by atoms with van der Waals surface area (Å²) in [4.78, 5) is 11.0. The summed E-state index contributed by atoms with van der Waals surface area (Å²) >= 11 is -0.380. The second-order valence-electron chi connectivity index (χ2n) is 5.14. The van der Waals surface area contributed by atoms with Crippen LogP contribution in [0.1, 0.15) is 22.3 Å². The predicted molar refractivity (Wildman–Crippen MR) is 88.1 cm³/mol. The summed E-state index contributed by atoms with van der Waals surface area (Å²) in [6.45, 7) is 3.79. The molecule has 5 heteroatoms. The molecule has 0 bridgehead atoms. The van der Waals surface area contributed by atoms with Crippen molar-refractivity contribution >= 4 is 23.6 Å². The van der Waals surface area contributed by atoms with Gasteiger partial charge in [-0.1, -0.05) is 59.7 Å². The third kappa shape index (κ3) is 4.73. The average Bonchev–Trinajstić information content (AvgIpc) is 2.49. The Labute approximate surface area is 137 Å². The van der Waals surface area contributed by atoms with Crippen molar-refractivity contribution in [2.75, 3.05) is 0 Å². The first-order valence-corrected chi connectivity index (χ1v) is 7.71. The van der Waals surface area contributed by atoms with Gasteiger partial charge in [-0.2, -0.15) is 13.2 Å². The highest BCUT2D eigenvalue weighted by molar-refractivity contribution is 8.04. The van der Waals surface area contributed by atoms with Gasteiger partial charge in [-0.15, -0.1) is 0 Å². The summed E-state index contributed by atoms with van der Waals surface area (Å²) in [5.74, 6) is 0. The van der Waals surface area contributed by atoms with Crippen molar-refractivity contribution in [1.82, 2.24) is 0 Å². The smallest absolute Gasteiger partial charge is 0.297 e. The van der Waals surface area contributed by atoms with Crippen LogP contribution in [0, 0.1) is 13.8 Å². The fraction of sp³-hybridized carbons (Fsp3) is 0.167. The van der Waals surface area contributed by atoms with Gasteiger partial charge in [0.1, 0.15) is 0 Å². The second kappa shape index (κ2) is 7.04. The summed E-state index contributed by atoms with van der Waals surface area (Å²) < 4.78 is 38.3. The van der Waals surface area contributed by atoms with Gasteiger partial charge in [0.25, 0.3) is 0 Å². The highest BCUT2D eigenvalue weighted by atomic mass is 32.2. The molecule has 0 spiro atoms. The quantitative estimate of drug-likeness (QED) is 0.540. The zero-order valence-electron chi connectivity index (χ0n) is 12.6. The minimum absolute atomic E-state index is 0.271. The van der Waals surface area contributed by atoms with Crippen LogP contribution < -0.4 is 0 Å². The normalized spacial score (nSPS) is 11.2. The maximum Gasteiger partial charge on any atom is 0.446 e. The van der Waals surface area contributed by atoms with Crippen LogP contribution in [0.3, 0.4) is 0 Å². The van der Waals surface area contributed by atoms with E-state index in [1.807, 2.05) is 38.1 Å². The first-order chi connectivity index (χ1) is 10.8. The van der Waals surface area contributed by atoms with Crippen LogP contribution in [0.2, 0.25) is 0 Å². The van der Waals surface area contributed by atoms with Crippen LogP contribution in [0.4, 0.5) is 13.2 Å². The Hall–Kier alpha value is -2.01. The lowest BCUT2D eigenvalue weighted by Gasteiger charge is -2.14. The predicted octanol–water partition coefficient (Wildman–Crippen LogP) is 5.51. The largest absolute Gasteiger partial charge is 0.446 e. The van der Waals surface area contributed by atoms with E-state index in [-0.39, 0.29) is 23.0 Å². The lowest BCUT2D eigenvalue weighted by molar-refractivity contribution is -0.104. The number of rotatable bonds is 4. The zero-order valence-corrected chi connectivity index (χ0v) is 13.5. The minimum Gasteiger partial charge on any atom is -0.297 e. The number of halogens is 3. The van der Waals surface area contributed by atoms with Crippen LogP contribution in [0.15, 0.2) is 53.4 Å². The van der Waals surface area contributed by atoms with Crippen molar-refractivity contribution in [3.63, 3.8) is 0 Å². The van der Waals surface area contributed by atoms with E-state index in [0.717, 1.165) is 11.1 Å². The second-order valence-corrected chi connectivity index (χ2v) is 6.24. The van der Waals surface area contributed by atoms with Crippen LogP contribution in [0.5, 0.6) is 0 Å². The van der Waals surface area contributed by atoms with Crippen LogP contribution in [-0.4, -0.2) is 11.8 Å². The highest BCUT2D eigenvalue weighted by Crippen LogP contribution is 2.41. The Morgan fingerprint density at radius 3 is 1.57 bits per heavy atom. The van der Waals surface area contributed by atoms with E-state index in [1.54, 1.807) is 24.3 Å². The maximum atomic E-state index is 12.8. The molecule has 0 amide bonds. The van der Waals surface area contributed by atoms with E-state index in [0.29, 0.717) is 16.7 Å². The molecule has 0 fully saturated rings. The summed E-state index contributed by atoms with van der Waals surface area (Å²) in [6.07, 6.45) is 0.271. The Kier molecular flexibility index (Phi) is 5.31. The van der Waals surface area contributed by atoms with Crippen molar-refractivity contribution in [1.29, 1.82) is 0 Å². The first-order valence-electron chi connectivity index (χ1n) is 6.89. The SMILES string of the molecule is Cc1ccc(C(=C(C=O)SC(F)(F)F)c2ccc(C)cc2)cc1. The molecule has 0 radical (unpaired) electrons. The molecule has 0 aliphatic heterocycles. The van der Waals surface area contributed by atoms with Gasteiger partial charge in [-0.25, -0.2) is 0 Å². The third-order valence-corrected chi connectivity index (χ3v) is 4.01. The Bertz CT molecular complexity index is 666. The van der Waals surface area contributed by atoms with Gasteiger partial charge in [0.2, 0.25) is 0 Å². The number of carbonyl (C=O) groups excluding carboxylic acids is 1.